The SMILES string of the molecule is Cc1ccc(C)c(S(=O)(=O)N2CCN(C(=O)C[NH+]3CCOCC3)CC2)c1. The van der Waals surface area contributed by atoms with E-state index in [1.807, 2.05) is 26.0 Å². The van der Waals surface area contributed by atoms with Crippen LogP contribution in [-0.4, -0.2) is 82.6 Å². The molecule has 2 heterocycles. The lowest BCUT2D eigenvalue weighted by Crippen LogP contribution is -3.15. The van der Waals surface area contributed by atoms with Crippen LogP contribution in [0.25, 0.3) is 0 Å². The number of benzene rings is 1. The van der Waals surface area contributed by atoms with Crippen molar-refractivity contribution >= 4 is 15.9 Å². The monoisotopic (exact) mass is 382 g/mol. The van der Waals surface area contributed by atoms with E-state index in [2.05, 4.69) is 0 Å². The Bertz CT molecular complexity index is 752. The molecular weight excluding hydrogens is 354 g/mol. The van der Waals surface area contributed by atoms with Gasteiger partial charge in [0.1, 0.15) is 13.1 Å². The smallest absolute Gasteiger partial charge is 0.277 e. The second kappa shape index (κ2) is 8.04. The zero-order valence-corrected chi connectivity index (χ0v) is 16.3. The maximum Gasteiger partial charge on any atom is 0.277 e. The number of morpholine rings is 1. The molecular formula is C18H28N3O4S+. The molecule has 7 nitrogen and oxygen atoms in total. The molecule has 1 aromatic carbocycles. The van der Waals surface area contributed by atoms with E-state index < -0.39 is 10.0 Å². The third kappa shape index (κ3) is 4.25. The summed E-state index contributed by atoms with van der Waals surface area (Å²) in [4.78, 5) is 15.9. The van der Waals surface area contributed by atoms with Crippen molar-refractivity contribution < 1.29 is 22.8 Å². The minimum absolute atomic E-state index is 0.102. The third-order valence-corrected chi connectivity index (χ3v) is 7.19. The molecule has 0 bridgehead atoms. The van der Waals surface area contributed by atoms with Gasteiger partial charge in [0.2, 0.25) is 10.0 Å². The van der Waals surface area contributed by atoms with E-state index in [-0.39, 0.29) is 5.91 Å². The van der Waals surface area contributed by atoms with Crippen LogP contribution >= 0.6 is 0 Å². The fourth-order valence-electron chi connectivity index (χ4n) is 3.46. The Labute approximate surface area is 155 Å². The van der Waals surface area contributed by atoms with Gasteiger partial charge in [-0.05, 0) is 31.0 Å². The van der Waals surface area contributed by atoms with Crippen molar-refractivity contribution in [3.63, 3.8) is 0 Å². The van der Waals surface area contributed by atoms with Crippen LogP contribution in [0.3, 0.4) is 0 Å². The van der Waals surface area contributed by atoms with Gasteiger partial charge in [-0.3, -0.25) is 4.79 Å². The summed E-state index contributed by atoms with van der Waals surface area (Å²) in [5.41, 5.74) is 1.68. The summed E-state index contributed by atoms with van der Waals surface area (Å²) in [6.45, 7) is 8.88. The fraction of sp³-hybridized carbons (Fsp3) is 0.611. The van der Waals surface area contributed by atoms with Gasteiger partial charge < -0.3 is 14.5 Å². The number of hydrogen-bond acceptors (Lipinski definition) is 4. The molecule has 144 valence electrons. The summed E-state index contributed by atoms with van der Waals surface area (Å²) in [5, 5.41) is 0. The van der Waals surface area contributed by atoms with Gasteiger partial charge in [0.25, 0.3) is 5.91 Å². The molecule has 0 aromatic heterocycles. The Morgan fingerprint density at radius 1 is 1.12 bits per heavy atom. The summed E-state index contributed by atoms with van der Waals surface area (Å²) in [5.74, 6) is 0.102. The number of carbonyl (C=O) groups excluding carboxylic acids is 1. The Morgan fingerprint density at radius 2 is 1.77 bits per heavy atom. The summed E-state index contributed by atoms with van der Waals surface area (Å²) >= 11 is 0. The van der Waals surface area contributed by atoms with Crippen molar-refractivity contribution in [1.82, 2.24) is 9.21 Å². The highest BCUT2D eigenvalue weighted by Gasteiger charge is 2.32. The summed E-state index contributed by atoms with van der Waals surface area (Å²) in [7, 11) is -3.52. The van der Waals surface area contributed by atoms with Crippen LogP contribution in [0.2, 0.25) is 0 Å². The number of aryl methyl sites for hydroxylation is 2. The maximum absolute atomic E-state index is 13.0. The molecule has 1 aromatic rings. The quantitative estimate of drug-likeness (QED) is 0.729. The highest BCUT2D eigenvalue weighted by atomic mass is 32.2. The van der Waals surface area contributed by atoms with E-state index in [0.717, 1.165) is 24.2 Å². The van der Waals surface area contributed by atoms with Crippen LogP contribution in [0.1, 0.15) is 11.1 Å². The lowest BCUT2D eigenvalue weighted by molar-refractivity contribution is -0.900. The van der Waals surface area contributed by atoms with E-state index in [1.54, 1.807) is 11.0 Å². The zero-order chi connectivity index (χ0) is 18.7. The largest absolute Gasteiger partial charge is 0.370 e. The van der Waals surface area contributed by atoms with Crippen molar-refractivity contribution in [3.05, 3.63) is 29.3 Å². The molecule has 0 aliphatic carbocycles. The Balaban J connectivity index is 1.60. The fourth-order valence-corrected chi connectivity index (χ4v) is 5.20. The van der Waals surface area contributed by atoms with Crippen molar-refractivity contribution in [2.75, 3.05) is 59.0 Å². The van der Waals surface area contributed by atoms with Gasteiger partial charge in [0.15, 0.2) is 6.54 Å². The standard InChI is InChI=1S/C18H27N3O4S/c1-15-3-4-16(2)17(13-15)26(23,24)21-7-5-20(6-8-21)18(22)14-19-9-11-25-12-10-19/h3-4,13H,5-12,14H2,1-2H3/p+1. The molecule has 0 saturated carbocycles. The van der Waals surface area contributed by atoms with E-state index in [1.165, 1.54) is 9.21 Å². The number of hydrogen-bond donors (Lipinski definition) is 1. The first kappa shape index (κ1) is 19.3. The number of carbonyl (C=O) groups is 1. The Morgan fingerprint density at radius 3 is 2.42 bits per heavy atom. The number of rotatable bonds is 4. The molecule has 2 saturated heterocycles. The summed E-state index contributed by atoms with van der Waals surface area (Å²) < 4.78 is 32.7. The normalized spacial score (nSPS) is 20.3. The van der Waals surface area contributed by atoms with Gasteiger partial charge in [-0.1, -0.05) is 12.1 Å². The van der Waals surface area contributed by atoms with Crippen LogP contribution in [0, 0.1) is 13.8 Å². The first-order valence-electron chi connectivity index (χ1n) is 9.14. The van der Waals surface area contributed by atoms with Gasteiger partial charge in [0, 0.05) is 26.2 Å². The Hall–Kier alpha value is -1.48. The van der Waals surface area contributed by atoms with Gasteiger partial charge in [-0.2, -0.15) is 4.31 Å². The van der Waals surface area contributed by atoms with Gasteiger partial charge in [-0.15, -0.1) is 0 Å². The molecule has 3 rings (SSSR count). The van der Waals surface area contributed by atoms with E-state index in [9.17, 15) is 13.2 Å². The minimum Gasteiger partial charge on any atom is -0.370 e. The number of amides is 1. The third-order valence-electron chi connectivity index (χ3n) is 5.15. The molecule has 0 radical (unpaired) electrons. The Kier molecular flexibility index (Phi) is 5.96. The predicted octanol–water partition coefficient (Wildman–Crippen LogP) is -0.949. The molecule has 2 aliphatic rings. The average molecular weight is 383 g/mol. The van der Waals surface area contributed by atoms with E-state index in [4.69, 9.17) is 4.74 Å². The van der Waals surface area contributed by atoms with Gasteiger partial charge >= 0.3 is 0 Å². The number of ether oxygens (including phenoxy) is 1. The van der Waals surface area contributed by atoms with Crippen LogP contribution in [-0.2, 0) is 19.6 Å². The maximum atomic E-state index is 13.0. The highest BCUT2D eigenvalue weighted by Crippen LogP contribution is 2.22. The van der Waals surface area contributed by atoms with Crippen LogP contribution < -0.4 is 4.90 Å². The van der Waals surface area contributed by atoms with E-state index >= 15 is 0 Å². The number of sulfonamides is 1. The number of piperazine rings is 1. The van der Waals surface area contributed by atoms with Gasteiger partial charge in [-0.25, -0.2) is 8.42 Å². The molecule has 2 aliphatic heterocycles. The predicted molar refractivity (Wildman–Crippen MR) is 97.6 cm³/mol. The number of nitrogens with one attached hydrogen (secondary N) is 1. The lowest BCUT2D eigenvalue weighted by Gasteiger charge is -2.35. The topological polar surface area (TPSA) is 71.4 Å². The van der Waals surface area contributed by atoms with Gasteiger partial charge in [0.05, 0.1) is 18.1 Å². The van der Waals surface area contributed by atoms with Crippen molar-refractivity contribution in [3.8, 4) is 0 Å². The molecule has 1 amide bonds. The van der Waals surface area contributed by atoms with Crippen LogP contribution in [0.5, 0.6) is 0 Å². The molecule has 8 heteroatoms. The molecule has 1 N–H and O–H groups in total. The van der Waals surface area contributed by atoms with Crippen molar-refractivity contribution in [2.45, 2.75) is 18.7 Å². The first-order valence-corrected chi connectivity index (χ1v) is 10.6. The second-order valence-electron chi connectivity index (χ2n) is 7.09. The molecule has 0 spiro atoms. The molecule has 2 fully saturated rings. The first-order chi connectivity index (χ1) is 12.4. The number of quaternary nitrogens is 1. The summed E-state index contributed by atoms with van der Waals surface area (Å²) in [6.07, 6.45) is 0. The lowest BCUT2D eigenvalue weighted by atomic mass is 10.2. The summed E-state index contributed by atoms with van der Waals surface area (Å²) in [6, 6.07) is 5.48. The molecule has 0 unspecified atom stereocenters. The second-order valence-corrected chi connectivity index (χ2v) is 9.00. The van der Waals surface area contributed by atoms with Crippen molar-refractivity contribution in [2.24, 2.45) is 0 Å². The minimum atomic E-state index is -3.52. The average Bonchev–Trinajstić information content (AvgIpc) is 2.64. The van der Waals surface area contributed by atoms with Crippen molar-refractivity contribution in [1.29, 1.82) is 0 Å². The zero-order valence-electron chi connectivity index (χ0n) is 15.5. The molecule has 26 heavy (non-hydrogen) atoms. The van der Waals surface area contributed by atoms with E-state index in [0.29, 0.717) is 50.8 Å². The highest BCUT2D eigenvalue weighted by molar-refractivity contribution is 7.89. The van der Waals surface area contributed by atoms with Crippen LogP contribution in [0.4, 0.5) is 0 Å². The number of nitrogens with zero attached hydrogens (tertiary/aromatic N) is 2. The molecule has 0 atom stereocenters. The van der Waals surface area contributed by atoms with Crippen LogP contribution in [0.15, 0.2) is 23.1 Å².